The summed E-state index contributed by atoms with van der Waals surface area (Å²) in [6, 6.07) is 8.06. The quantitative estimate of drug-likeness (QED) is 0.459. The molecule has 0 spiro atoms. The highest BCUT2D eigenvalue weighted by atomic mass is 35.5. The lowest BCUT2D eigenvalue weighted by Crippen LogP contribution is -2.36. The van der Waals surface area contributed by atoms with E-state index in [9.17, 15) is 0 Å². The molecule has 15 heavy (non-hydrogen) atoms. The minimum absolute atomic E-state index is 0.223. The van der Waals surface area contributed by atoms with Gasteiger partial charge in [0, 0.05) is 11.1 Å². The van der Waals surface area contributed by atoms with Crippen molar-refractivity contribution < 1.29 is 0 Å². The average molecular weight is 225 g/mol. The maximum Gasteiger partial charge on any atom is 0.0408 e. The van der Waals surface area contributed by atoms with Crippen molar-refractivity contribution in [3.8, 4) is 0 Å². The van der Waals surface area contributed by atoms with Crippen LogP contribution in [0.3, 0.4) is 0 Å². The summed E-state index contributed by atoms with van der Waals surface area (Å²) in [4.78, 5) is 0. The molecule has 0 saturated heterocycles. The molecule has 3 N–H and O–H groups in total. The Morgan fingerprint density at radius 3 is 2.87 bits per heavy atom. The number of rotatable bonds is 5. The van der Waals surface area contributed by atoms with Crippen LogP contribution in [0.2, 0.25) is 5.02 Å². The van der Waals surface area contributed by atoms with Gasteiger partial charge in [-0.05, 0) is 37.5 Å². The molecule has 1 aromatic rings. The molecule has 0 aliphatic carbocycles. The summed E-state index contributed by atoms with van der Waals surface area (Å²) >= 11 is 5.91. The second-order valence-electron chi connectivity index (χ2n) is 3.86. The lowest BCUT2D eigenvalue weighted by molar-refractivity contribution is 0.521. The van der Waals surface area contributed by atoms with E-state index in [1.54, 1.807) is 0 Å². The molecule has 1 atom stereocenters. The number of nitrogens with two attached hydrogens (primary N) is 1. The monoisotopic (exact) mass is 224 g/mol. The fourth-order valence-electron chi connectivity index (χ4n) is 1.56. The van der Waals surface area contributed by atoms with Crippen LogP contribution in [-0.4, -0.2) is 6.04 Å². The zero-order valence-corrected chi connectivity index (χ0v) is 9.72. The summed E-state index contributed by atoms with van der Waals surface area (Å²) in [5, 5.41) is 0.763. The van der Waals surface area contributed by atoms with Gasteiger partial charge in [0.1, 0.15) is 0 Å². The predicted molar refractivity (Wildman–Crippen MR) is 65.7 cm³/mol. The van der Waals surface area contributed by atoms with E-state index in [1.807, 2.05) is 25.1 Å². The molecule has 0 saturated carbocycles. The van der Waals surface area contributed by atoms with E-state index >= 15 is 0 Å². The number of nitrogens with one attached hydrogen (secondary N) is 1. The second-order valence-corrected chi connectivity index (χ2v) is 4.30. The first-order chi connectivity index (χ1) is 7.11. The molecule has 2 nitrogen and oxygen atoms in total. The van der Waals surface area contributed by atoms with E-state index in [-0.39, 0.29) is 6.04 Å². The highest BCUT2D eigenvalue weighted by Crippen LogP contribution is 2.14. The maximum absolute atomic E-state index is 5.91. The van der Waals surface area contributed by atoms with Crippen LogP contribution < -0.4 is 11.3 Å². The summed E-state index contributed by atoms with van der Waals surface area (Å²) in [5.41, 5.74) is 5.11. The first-order valence-corrected chi connectivity index (χ1v) is 5.34. The van der Waals surface area contributed by atoms with Crippen LogP contribution in [0, 0.1) is 0 Å². The molecule has 0 bridgehead atoms. The number of halogens is 1. The van der Waals surface area contributed by atoms with Crippen LogP contribution >= 0.6 is 11.6 Å². The maximum atomic E-state index is 5.91. The fourth-order valence-corrected chi connectivity index (χ4v) is 1.77. The first kappa shape index (κ1) is 12.2. The first-order valence-electron chi connectivity index (χ1n) is 4.96. The smallest absolute Gasteiger partial charge is 0.0408 e. The third-order valence-corrected chi connectivity index (χ3v) is 2.44. The minimum Gasteiger partial charge on any atom is -0.271 e. The summed E-state index contributed by atoms with van der Waals surface area (Å²) in [7, 11) is 0. The Labute approximate surface area is 96.1 Å². The van der Waals surface area contributed by atoms with Crippen LogP contribution in [0.4, 0.5) is 0 Å². The van der Waals surface area contributed by atoms with Gasteiger partial charge in [0.25, 0.3) is 0 Å². The molecule has 82 valence electrons. The van der Waals surface area contributed by atoms with Crippen molar-refractivity contribution in [2.45, 2.75) is 25.8 Å². The number of hydrazine groups is 1. The summed E-state index contributed by atoms with van der Waals surface area (Å²) < 4.78 is 0. The third-order valence-electron chi connectivity index (χ3n) is 2.20. The molecular weight excluding hydrogens is 208 g/mol. The average Bonchev–Trinajstić information content (AvgIpc) is 2.16. The predicted octanol–water partition coefficient (Wildman–Crippen LogP) is 2.68. The number of benzene rings is 1. The SMILES string of the molecule is C=C(C)CC(Cc1cccc(Cl)c1)NN. The van der Waals surface area contributed by atoms with Gasteiger partial charge in [-0.25, -0.2) is 0 Å². The van der Waals surface area contributed by atoms with Crippen molar-refractivity contribution in [1.82, 2.24) is 5.43 Å². The normalized spacial score (nSPS) is 12.5. The van der Waals surface area contributed by atoms with E-state index in [1.165, 1.54) is 5.56 Å². The Morgan fingerprint density at radius 1 is 1.60 bits per heavy atom. The van der Waals surface area contributed by atoms with Crippen LogP contribution in [0.1, 0.15) is 18.9 Å². The zero-order valence-electron chi connectivity index (χ0n) is 8.96. The van der Waals surface area contributed by atoms with Crippen molar-refractivity contribution in [3.05, 3.63) is 47.0 Å². The van der Waals surface area contributed by atoms with Crippen LogP contribution in [0.5, 0.6) is 0 Å². The molecule has 0 aliphatic rings. The van der Waals surface area contributed by atoms with E-state index < -0.39 is 0 Å². The highest BCUT2D eigenvalue weighted by Gasteiger charge is 2.07. The van der Waals surface area contributed by atoms with Gasteiger partial charge in [-0.2, -0.15) is 0 Å². The lowest BCUT2D eigenvalue weighted by Gasteiger charge is -2.15. The van der Waals surface area contributed by atoms with Gasteiger partial charge in [0.05, 0.1) is 0 Å². The van der Waals surface area contributed by atoms with E-state index in [0.29, 0.717) is 0 Å². The molecule has 0 radical (unpaired) electrons. The molecule has 1 unspecified atom stereocenters. The Kier molecular flexibility index (Phi) is 4.82. The van der Waals surface area contributed by atoms with Gasteiger partial charge in [-0.1, -0.05) is 29.3 Å². The Hall–Kier alpha value is -0.830. The molecule has 0 aliphatic heterocycles. The minimum atomic E-state index is 0.223. The van der Waals surface area contributed by atoms with Gasteiger partial charge in [0.15, 0.2) is 0 Å². The molecule has 1 rings (SSSR count). The van der Waals surface area contributed by atoms with Gasteiger partial charge in [-0.3, -0.25) is 11.3 Å². The molecule has 0 heterocycles. The van der Waals surface area contributed by atoms with E-state index in [0.717, 1.165) is 23.4 Å². The topological polar surface area (TPSA) is 38.0 Å². The standard InChI is InChI=1S/C12H17ClN2/c1-9(2)6-12(15-14)8-10-4-3-5-11(13)7-10/h3-5,7,12,15H,1,6,8,14H2,2H3. The molecule has 0 amide bonds. The van der Waals surface area contributed by atoms with Gasteiger partial charge in [0.2, 0.25) is 0 Å². The number of hydrogen-bond acceptors (Lipinski definition) is 2. The molecule has 3 heteroatoms. The van der Waals surface area contributed by atoms with Crippen molar-refractivity contribution in [2.75, 3.05) is 0 Å². The van der Waals surface area contributed by atoms with Crippen molar-refractivity contribution in [3.63, 3.8) is 0 Å². The van der Waals surface area contributed by atoms with Gasteiger partial charge in [-0.15, -0.1) is 6.58 Å². The van der Waals surface area contributed by atoms with Gasteiger partial charge >= 0.3 is 0 Å². The van der Waals surface area contributed by atoms with Crippen molar-refractivity contribution >= 4 is 11.6 Å². The molecular formula is C12H17ClN2. The van der Waals surface area contributed by atoms with Crippen LogP contribution in [0.15, 0.2) is 36.4 Å². The molecule has 0 aromatic heterocycles. The van der Waals surface area contributed by atoms with Crippen LogP contribution in [-0.2, 0) is 6.42 Å². The molecule has 1 aromatic carbocycles. The Balaban J connectivity index is 2.62. The zero-order chi connectivity index (χ0) is 11.3. The van der Waals surface area contributed by atoms with Gasteiger partial charge < -0.3 is 0 Å². The molecule has 0 fully saturated rings. The van der Waals surface area contributed by atoms with Crippen molar-refractivity contribution in [2.24, 2.45) is 5.84 Å². The van der Waals surface area contributed by atoms with Crippen LogP contribution in [0.25, 0.3) is 0 Å². The fraction of sp³-hybridized carbons (Fsp3) is 0.333. The third kappa shape index (κ3) is 4.47. The largest absolute Gasteiger partial charge is 0.271 e. The Morgan fingerprint density at radius 2 is 2.33 bits per heavy atom. The lowest BCUT2D eigenvalue weighted by atomic mass is 10.0. The highest BCUT2D eigenvalue weighted by molar-refractivity contribution is 6.30. The second kappa shape index (κ2) is 5.91. The summed E-state index contributed by atoms with van der Waals surface area (Å²) in [6.07, 6.45) is 1.74. The van der Waals surface area contributed by atoms with Crippen molar-refractivity contribution in [1.29, 1.82) is 0 Å². The van der Waals surface area contributed by atoms with E-state index in [2.05, 4.69) is 18.1 Å². The summed E-state index contributed by atoms with van der Waals surface area (Å²) in [6.45, 7) is 5.88. The number of hydrogen-bond donors (Lipinski definition) is 2. The Bertz CT molecular complexity index is 336. The van der Waals surface area contributed by atoms with E-state index in [4.69, 9.17) is 17.4 Å². The summed E-state index contributed by atoms with van der Waals surface area (Å²) in [5.74, 6) is 5.48.